The monoisotopic (exact) mass is 261 g/mol. The molecule has 0 aliphatic rings. The van der Waals surface area contributed by atoms with Crippen LogP contribution in [0.5, 0.6) is 5.75 Å². The number of aliphatic carboxylic acids is 1. The number of carboxylic acid groups (broad SMARTS) is 1. The summed E-state index contributed by atoms with van der Waals surface area (Å²) in [7, 11) is 1.59. The molecule has 0 amide bonds. The van der Waals surface area contributed by atoms with Crippen LogP contribution in [0.2, 0.25) is 0 Å². The summed E-state index contributed by atoms with van der Waals surface area (Å²) in [5.74, 6) is -0.229. The second-order valence-electron chi connectivity index (χ2n) is 4.62. The number of carbonyl (C=O) groups is 1. The van der Waals surface area contributed by atoms with Gasteiger partial charge in [-0.2, -0.15) is 0 Å². The molecule has 0 atom stereocenters. The van der Waals surface area contributed by atoms with Gasteiger partial charge in [-0.3, -0.25) is 0 Å². The first-order valence-electron chi connectivity index (χ1n) is 5.76. The van der Waals surface area contributed by atoms with Gasteiger partial charge in [0.2, 0.25) is 0 Å². The number of carboxylic acids is 1. The van der Waals surface area contributed by atoms with E-state index in [4.69, 9.17) is 4.74 Å². The molecule has 19 heavy (non-hydrogen) atoms. The SMILES string of the molecule is COc1ccc(-c2cnnn2C(C)(C)C(=O)O)cc1. The highest BCUT2D eigenvalue weighted by Crippen LogP contribution is 2.26. The summed E-state index contributed by atoms with van der Waals surface area (Å²) in [6.07, 6.45) is 1.55. The van der Waals surface area contributed by atoms with Crippen LogP contribution in [-0.2, 0) is 10.3 Å². The Labute approximate surface area is 110 Å². The number of ether oxygens (including phenoxy) is 1. The molecule has 0 aliphatic carbocycles. The van der Waals surface area contributed by atoms with E-state index in [-0.39, 0.29) is 0 Å². The molecule has 6 heteroatoms. The zero-order valence-corrected chi connectivity index (χ0v) is 11.0. The predicted molar refractivity (Wildman–Crippen MR) is 69.0 cm³/mol. The van der Waals surface area contributed by atoms with E-state index in [2.05, 4.69) is 10.3 Å². The molecular formula is C13H15N3O3. The molecule has 0 radical (unpaired) electrons. The Morgan fingerprint density at radius 3 is 2.47 bits per heavy atom. The van der Waals surface area contributed by atoms with E-state index in [0.717, 1.165) is 11.3 Å². The van der Waals surface area contributed by atoms with Gasteiger partial charge in [0.15, 0.2) is 5.54 Å². The Morgan fingerprint density at radius 1 is 1.32 bits per heavy atom. The van der Waals surface area contributed by atoms with Gasteiger partial charge in [0, 0.05) is 5.56 Å². The van der Waals surface area contributed by atoms with Gasteiger partial charge in [0.1, 0.15) is 5.75 Å². The molecule has 2 rings (SSSR count). The van der Waals surface area contributed by atoms with Gasteiger partial charge in [0.25, 0.3) is 0 Å². The quantitative estimate of drug-likeness (QED) is 0.907. The average Bonchev–Trinajstić information content (AvgIpc) is 2.88. The molecule has 0 unspecified atom stereocenters. The van der Waals surface area contributed by atoms with E-state index < -0.39 is 11.5 Å². The summed E-state index contributed by atoms with van der Waals surface area (Å²) < 4.78 is 6.49. The van der Waals surface area contributed by atoms with Gasteiger partial charge >= 0.3 is 5.97 Å². The third kappa shape index (κ3) is 2.29. The molecule has 0 aliphatic heterocycles. The first-order valence-corrected chi connectivity index (χ1v) is 5.76. The largest absolute Gasteiger partial charge is 0.497 e. The lowest BCUT2D eigenvalue weighted by atomic mass is 10.0. The number of hydrogen-bond donors (Lipinski definition) is 1. The van der Waals surface area contributed by atoms with Gasteiger partial charge in [-0.25, -0.2) is 9.48 Å². The molecule has 0 saturated carbocycles. The highest BCUT2D eigenvalue weighted by Gasteiger charge is 2.32. The lowest BCUT2D eigenvalue weighted by Gasteiger charge is -2.21. The maximum atomic E-state index is 11.3. The number of nitrogens with zero attached hydrogens (tertiary/aromatic N) is 3. The minimum Gasteiger partial charge on any atom is -0.497 e. The van der Waals surface area contributed by atoms with Crippen LogP contribution in [0, 0.1) is 0 Å². The second kappa shape index (κ2) is 4.72. The first-order chi connectivity index (χ1) is 8.96. The van der Waals surface area contributed by atoms with E-state index >= 15 is 0 Å². The Kier molecular flexibility index (Phi) is 3.25. The Balaban J connectivity index is 2.46. The fourth-order valence-electron chi connectivity index (χ4n) is 1.70. The number of methoxy groups -OCH3 is 1. The van der Waals surface area contributed by atoms with Crippen molar-refractivity contribution in [1.29, 1.82) is 0 Å². The van der Waals surface area contributed by atoms with Gasteiger partial charge in [0.05, 0.1) is 19.0 Å². The molecule has 100 valence electrons. The van der Waals surface area contributed by atoms with Crippen molar-refractivity contribution in [3.05, 3.63) is 30.5 Å². The Bertz CT molecular complexity index is 587. The molecule has 2 aromatic rings. The third-order valence-corrected chi connectivity index (χ3v) is 2.99. The standard InChI is InChI=1S/C13H15N3O3/c1-13(2,12(17)18)16-11(8-14-15-16)9-4-6-10(19-3)7-5-9/h4-8H,1-3H3,(H,17,18). The molecule has 0 saturated heterocycles. The van der Waals surface area contributed by atoms with E-state index in [0.29, 0.717) is 5.69 Å². The topological polar surface area (TPSA) is 77.2 Å². The molecule has 1 heterocycles. The van der Waals surface area contributed by atoms with Gasteiger partial charge < -0.3 is 9.84 Å². The molecule has 0 spiro atoms. The van der Waals surface area contributed by atoms with Crippen LogP contribution in [0.25, 0.3) is 11.3 Å². The smallest absolute Gasteiger partial charge is 0.331 e. The summed E-state index contributed by atoms with van der Waals surface area (Å²) in [5, 5.41) is 16.9. The lowest BCUT2D eigenvalue weighted by molar-refractivity contribution is -0.146. The van der Waals surface area contributed by atoms with E-state index in [1.165, 1.54) is 4.68 Å². The average molecular weight is 261 g/mol. The molecule has 1 aromatic carbocycles. The lowest BCUT2D eigenvalue weighted by Crippen LogP contribution is -2.37. The minimum absolute atomic E-state index is 0.648. The number of hydrogen-bond acceptors (Lipinski definition) is 4. The summed E-state index contributed by atoms with van der Waals surface area (Å²) in [6.45, 7) is 3.16. The van der Waals surface area contributed by atoms with E-state index in [1.807, 2.05) is 12.1 Å². The summed E-state index contributed by atoms with van der Waals surface area (Å²) >= 11 is 0. The predicted octanol–water partition coefficient (Wildman–Crippen LogP) is 1.77. The maximum Gasteiger partial charge on any atom is 0.331 e. The fraction of sp³-hybridized carbons (Fsp3) is 0.308. The van der Waals surface area contributed by atoms with E-state index in [9.17, 15) is 9.90 Å². The van der Waals surface area contributed by atoms with Crippen molar-refractivity contribution in [1.82, 2.24) is 15.0 Å². The normalized spacial score (nSPS) is 11.3. The van der Waals surface area contributed by atoms with Crippen molar-refractivity contribution in [2.45, 2.75) is 19.4 Å². The van der Waals surface area contributed by atoms with E-state index in [1.54, 1.807) is 39.3 Å². The highest BCUT2D eigenvalue weighted by molar-refractivity contribution is 5.77. The summed E-state index contributed by atoms with van der Waals surface area (Å²) in [4.78, 5) is 11.3. The minimum atomic E-state index is -1.16. The first kappa shape index (κ1) is 13.1. The maximum absolute atomic E-state index is 11.3. The van der Waals surface area contributed by atoms with Crippen LogP contribution in [0.15, 0.2) is 30.5 Å². The second-order valence-corrected chi connectivity index (χ2v) is 4.62. The van der Waals surface area contributed by atoms with Crippen molar-refractivity contribution in [2.24, 2.45) is 0 Å². The van der Waals surface area contributed by atoms with Crippen LogP contribution in [-0.4, -0.2) is 33.2 Å². The Morgan fingerprint density at radius 2 is 1.95 bits per heavy atom. The molecule has 1 N–H and O–H groups in total. The molecule has 1 aromatic heterocycles. The fourth-order valence-corrected chi connectivity index (χ4v) is 1.70. The zero-order chi connectivity index (χ0) is 14.0. The summed E-state index contributed by atoms with van der Waals surface area (Å²) in [5.41, 5.74) is 0.321. The number of aromatic nitrogens is 3. The number of benzene rings is 1. The highest BCUT2D eigenvalue weighted by atomic mass is 16.5. The van der Waals surface area contributed by atoms with Gasteiger partial charge in [-0.15, -0.1) is 5.10 Å². The number of rotatable bonds is 4. The summed E-state index contributed by atoms with van der Waals surface area (Å²) in [6, 6.07) is 7.29. The van der Waals surface area contributed by atoms with Crippen molar-refractivity contribution >= 4 is 5.97 Å². The Hall–Kier alpha value is -2.37. The van der Waals surface area contributed by atoms with Crippen molar-refractivity contribution in [3.8, 4) is 17.0 Å². The van der Waals surface area contributed by atoms with Crippen molar-refractivity contribution in [3.63, 3.8) is 0 Å². The van der Waals surface area contributed by atoms with Crippen LogP contribution in [0.1, 0.15) is 13.8 Å². The van der Waals surface area contributed by atoms with Crippen molar-refractivity contribution in [2.75, 3.05) is 7.11 Å². The van der Waals surface area contributed by atoms with Crippen LogP contribution < -0.4 is 4.74 Å². The zero-order valence-electron chi connectivity index (χ0n) is 11.0. The molecule has 6 nitrogen and oxygen atoms in total. The molecular weight excluding hydrogens is 246 g/mol. The van der Waals surface area contributed by atoms with Gasteiger partial charge in [-0.05, 0) is 38.1 Å². The van der Waals surface area contributed by atoms with Crippen molar-refractivity contribution < 1.29 is 14.6 Å². The van der Waals surface area contributed by atoms with Gasteiger partial charge in [-0.1, -0.05) is 5.21 Å². The van der Waals surface area contributed by atoms with Crippen LogP contribution >= 0.6 is 0 Å². The van der Waals surface area contributed by atoms with Crippen LogP contribution in [0.4, 0.5) is 0 Å². The third-order valence-electron chi connectivity index (χ3n) is 2.99. The molecule has 0 bridgehead atoms. The van der Waals surface area contributed by atoms with Crippen LogP contribution in [0.3, 0.4) is 0 Å². The molecule has 0 fully saturated rings.